The van der Waals surface area contributed by atoms with Crippen molar-refractivity contribution >= 4 is 69.1 Å². The molecule has 0 atom stereocenters. The molecular formula is C22H17Cl2IN4O6. The molecule has 0 aliphatic heterocycles. The number of nitro groups is 2. The number of nitrogens with zero attached hydrogens (tertiary/aromatic N) is 3. The zero-order valence-electron chi connectivity index (χ0n) is 18.0. The average molecular weight is 631 g/mol. The fourth-order valence-corrected chi connectivity index (χ4v) is 4.01. The van der Waals surface area contributed by atoms with Crippen molar-refractivity contribution in [1.29, 1.82) is 0 Å². The van der Waals surface area contributed by atoms with E-state index in [2.05, 4.69) is 33.1 Å². The summed E-state index contributed by atoms with van der Waals surface area (Å²) in [6.07, 6.45) is 1.44. The quantitative estimate of drug-likeness (QED) is 0.112. The molecule has 1 N–H and O–H groups in total. The SMILES string of the molecule is CCOc1cc(/C=N/Nc2ccc([N+](=O)[O-])cc2[N+](=O)[O-])cc(I)c1OCc1ccc(Cl)c(Cl)c1. The summed E-state index contributed by atoms with van der Waals surface area (Å²) in [5.74, 6) is 1.02. The summed E-state index contributed by atoms with van der Waals surface area (Å²) in [5, 5.41) is 27.1. The van der Waals surface area contributed by atoms with Gasteiger partial charge in [-0.05, 0) is 71.0 Å². The predicted octanol–water partition coefficient (Wildman–Crippen LogP) is 6.84. The molecule has 0 spiro atoms. The van der Waals surface area contributed by atoms with E-state index >= 15 is 0 Å². The summed E-state index contributed by atoms with van der Waals surface area (Å²) in [6.45, 7) is 2.48. The van der Waals surface area contributed by atoms with E-state index in [0.29, 0.717) is 33.7 Å². The van der Waals surface area contributed by atoms with E-state index in [9.17, 15) is 20.2 Å². The van der Waals surface area contributed by atoms with Crippen molar-refractivity contribution in [3.63, 3.8) is 0 Å². The molecule has 0 aliphatic rings. The first-order chi connectivity index (χ1) is 16.7. The minimum Gasteiger partial charge on any atom is -0.490 e. The van der Waals surface area contributed by atoms with Crippen LogP contribution >= 0.6 is 45.8 Å². The van der Waals surface area contributed by atoms with E-state index in [1.54, 1.807) is 24.3 Å². The van der Waals surface area contributed by atoms with Gasteiger partial charge in [0.25, 0.3) is 5.69 Å². The Morgan fingerprint density at radius 2 is 1.80 bits per heavy atom. The second-order valence-corrected chi connectivity index (χ2v) is 8.86. The summed E-state index contributed by atoms with van der Waals surface area (Å²) in [6, 6.07) is 12.0. The third-order valence-electron chi connectivity index (χ3n) is 4.49. The molecule has 0 amide bonds. The van der Waals surface area contributed by atoms with Crippen LogP contribution in [0.2, 0.25) is 10.0 Å². The lowest BCUT2D eigenvalue weighted by Crippen LogP contribution is -2.03. The second-order valence-electron chi connectivity index (χ2n) is 6.89. The van der Waals surface area contributed by atoms with Crippen LogP contribution in [0.4, 0.5) is 17.1 Å². The Bertz CT molecular complexity index is 1310. The largest absolute Gasteiger partial charge is 0.490 e. The number of nitro benzene ring substituents is 2. The van der Waals surface area contributed by atoms with E-state index in [4.69, 9.17) is 32.7 Å². The average Bonchev–Trinajstić information content (AvgIpc) is 2.81. The highest BCUT2D eigenvalue weighted by Gasteiger charge is 2.19. The molecule has 3 aromatic carbocycles. The van der Waals surface area contributed by atoms with Crippen molar-refractivity contribution in [2.24, 2.45) is 5.10 Å². The molecule has 0 radical (unpaired) electrons. The van der Waals surface area contributed by atoms with Crippen LogP contribution in [0.5, 0.6) is 11.5 Å². The number of ether oxygens (including phenoxy) is 2. The molecule has 0 unspecified atom stereocenters. The van der Waals surface area contributed by atoms with E-state index in [1.165, 1.54) is 12.3 Å². The summed E-state index contributed by atoms with van der Waals surface area (Å²) >= 11 is 14.1. The summed E-state index contributed by atoms with van der Waals surface area (Å²) in [4.78, 5) is 20.7. The van der Waals surface area contributed by atoms with Gasteiger partial charge in [0.05, 0.1) is 42.3 Å². The maximum Gasteiger partial charge on any atom is 0.301 e. The lowest BCUT2D eigenvalue weighted by Gasteiger charge is -2.15. The first-order valence-corrected chi connectivity index (χ1v) is 11.8. The number of benzene rings is 3. The Labute approximate surface area is 223 Å². The summed E-state index contributed by atoms with van der Waals surface area (Å²) in [5.41, 5.74) is 3.18. The van der Waals surface area contributed by atoms with Gasteiger partial charge in [-0.15, -0.1) is 0 Å². The van der Waals surface area contributed by atoms with Crippen LogP contribution in [0.15, 0.2) is 53.6 Å². The highest BCUT2D eigenvalue weighted by atomic mass is 127. The van der Waals surface area contributed by atoms with Crippen molar-refractivity contribution in [3.8, 4) is 11.5 Å². The van der Waals surface area contributed by atoms with Crippen LogP contribution in [0, 0.1) is 23.8 Å². The Morgan fingerprint density at radius 3 is 2.46 bits per heavy atom. The Kier molecular flexibility index (Phi) is 9.07. The number of hydrogen-bond acceptors (Lipinski definition) is 8. The lowest BCUT2D eigenvalue weighted by molar-refractivity contribution is -0.393. The Morgan fingerprint density at radius 1 is 1.03 bits per heavy atom. The molecule has 0 bridgehead atoms. The van der Waals surface area contributed by atoms with E-state index < -0.39 is 21.2 Å². The van der Waals surface area contributed by atoms with Gasteiger partial charge in [0.2, 0.25) is 0 Å². The molecule has 0 heterocycles. The van der Waals surface area contributed by atoms with Crippen molar-refractivity contribution in [2.45, 2.75) is 13.5 Å². The van der Waals surface area contributed by atoms with Crippen molar-refractivity contribution < 1.29 is 19.3 Å². The third-order valence-corrected chi connectivity index (χ3v) is 6.03. The van der Waals surface area contributed by atoms with Crippen LogP contribution in [0.25, 0.3) is 0 Å². The number of nitrogens with one attached hydrogen (secondary N) is 1. The standard InChI is InChI=1S/C22H17Cl2IN4O6/c1-2-34-21-9-14(8-18(25)22(21)35-12-13-3-5-16(23)17(24)7-13)11-26-27-19-6-4-15(28(30)31)10-20(19)29(32)33/h3-11,27H,2,12H2,1H3/b26-11+. The van der Waals surface area contributed by atoms with Crippen molar-refractivity contribution in [2.75, 3.05) is 12.0 Å². The van der Waals surface area contributed by atoms with Crippen LogP contribution in [0.1, 0.15) is 18.1 Å². The van der Waals surface area contributed by atoms with Crippen LogP contribution in [-0.2, 0) is 6.61 Å². The van der Waals surface area contributed by atoms with Crippen LogP contribution < -0.4 is 14.9 Å². The fraction of sp³-hybridized carbons (Fsp3) is 0.136. The monoisotopic (exact) mass is 630 g/mol. The second kappa shape index (κ2) is 12.0. The van der Waals surface area contributed by atoms with E-state index in [0.717, 1.165) is 21.3 Å². The van der Waals surface area contributed by atoms with Crippen molar-refractivity contribution in [1.82, 2.24) is 0 Å². The smallest absolute Gasteiger partial charge is 0.301 e. The molecule has 13 heteroatoms. The van der Waals surface area contributed by atoms with Gasteiger partial charge in [-0.2, -0.15) is 5.10 Å². The molecule has 35 heavy (non-hydrogen) atoms. The topological polar surface area (TPSA) is 129 Å². The molecule has 3 rings (SSSR count). The van der Waals surface area contributed by atoms with E-state index in [1.807, 2.05) is 13.0 Å². The number of rotatable bonds is 10. The van der Waals surface area contributed by atoms with Crippen LogP contribution in [0.3, 0.4) is 0 Å². The predicted molar refractivity (Wildman–Crippen MR) is 142 cm³/mol. The maximum absolute atomic E-state index is 11.3. The maximum atomic E-state index is 11.3. The minimum atomic E-state index is -0.721. The first kappa shape index (κ1) is 26.4. The highest BCUT2D eigenvalue weighted by molar-refractivity contribution is 14.1. The minimum absolute atomic E-state index is 0.0122. The van der Waals surface area contributed by atoms with Crippen LogP contribution in [-0.4, -0.2) is 22.7 Å². The zero-order chi connectivity index (χ0) is 25.5. The van der Waals surface area contributed by atoms with Gasteiger partial charge >= 0.3 is 5.69 Å². The van der Waals surface area contributed by atoms with Crippen molar-refractivity contribution in [3.05, 3.63) is 93.5 Å². The molecule has 0 saturated heterocycles. The molecule has 0 fully saturated rings. The summed E-state index contributed by atoms with van der Waals surface area (Å²) < 4.78 is 12.5. The first-order valence-electron chi connectivity index (χ1n) is 9.94. The number of anilines is 1. The van der Waals surface area contributed by atoms with Gasteiger partial charge in [-0.1, -0.05) is 29.3 Å². The molecule has 10 nitrogen and oxygen atoms in total. The zero-order valence-corrected chi connectivity index (χ0v) is 21.7. The van der Waals surface area contributed by atoms with Gasteiger partial charge in [0.1, 0.15) is 12.3 Å². The lowest BCUT2D eigenvalue weighted by atomic mass is 10.2. The third kappa shape index (κ3) is 6.93. The van der Waals surface area contributed by atoms with Gasteiger partial charge in [-0.3, -0.25) is 25.7 Å². The molecular weight excluding hydrogens is 614 g/mol. The molecule has 3 aromatic rings. The van der Waals surface area contributed by atoms with Gasteiger partial charge < -0.3 is 9.47 Å². The molecule has 0 aromatic heterocycles. The molecule has 0 saturated carbocycles. The number of hydrogen-bond donors (Lipinski definition) is 1. The molecule has 182 valence electrons. The number of non-ortho nitro benzene ring substituents is 1. The summed E-state index contributed by atoms with van der Waals surface area (Å²) in [7, 11) is 0. The van der Waals surface area contributed by atoms with Gasteiger partial charge in [0, 0.05) is 6.07 Å². The Balaban J connectivity index is 1.80. The van der Waals surface area contributed by atoms with Gasteiger partial charge in [-0.25, -0.2) is 0 Å². The fourth-order valence-electron chi connectivity index (χ4n) is 2.91. The Hall–Kier alpha value is -3.16. The number of hydrazone groups is 1. The van der Waals surface area contributed by atoms with E-state index in [-0.39, 0.29) is 12.3 Å². The highest BCUT2D eigenvalue weighted by Crippen LogP contribution is 2.35. The van der Waals surface area contributed by atoms with Gasteiger partial charge in [0.15, 0.2) is 11.5 Å². The number of halogens is 3. The molecule has 0 aliphatic carbocycles. The normalized spacial score (nSPS) is 10.9.